The lowest BCUT2D eigenvalue weighted by Gasteiger charge is -2.20. The second-order valence-corrected chi connectivity index (χ2v) is 5.73. The first-order chi connectivity index (χ1) is 10.5. The van der Waals surface area contributed by atoms with E-state index in [1.165, 1.54) is 13.1 Å². The number of nitrogens with one attached hydrogen (secondary N) is 1. The standard InChI is InChI=1S/C14H25N3O4S/c1-10(18)13(20)11(8-16-14(22)15-2)9-21-7-6-17-5-3-4-12(17)19/h8,10-11,13,18,20H,3-7,9H2,1-2H3,(H,15,22)/p+1. The van der Waals surface area contributed by atoms with Crippen molar-refractivity contribution in [1.29, 1.82) is 0 Å². The Morgan fingerprint density at radius 2 is 2.32 bits per heavy atom. The number of hydrogen-bond donors (Lipinski definition) is 4. The summed E-state index contributed by atoms with van der Waals surface area (Å²) < 4.78 is 9.58. The molecule has 7 nitrogen and oxygen atoms in total. The van der Waals surface area contributed by atoms with Gasteiger partial charge in [0, 0.05) is 19.5 Å². The molecule has 0 bridgehead atoms. The van der Waals surface area contributed by atoms with Crippen molar-refractivity contribution in [2.45, 2.75) is 32.0 Å². The minimum atomic E-state index is -0.977. The number of carbonyl (C=O) groups excluding carboxylic acids is 1. The predicted molar refractivity (Wildman–Crippen MR) is 89.1 cm³/mol. The molecule has 1 fully saturated rings. The summed E-state index contributed by atoms with van der Waals surface area (Å²) >= 11 is 4.08. The highest BCUT2D eigenvalue weighted by atomic mass is 32.1. The number of amides is 1. The molecule has 1 aliphatic heterocycles. The fraction of sp³-hybridized carbons (Fsp3) is 0.786. The van der Waals surface area contributed by atoms with Crippen molar-refractivity contribution in [3.05, 3.63) is 0 Å². The molecule has 1 aliphatic rings. The van der Waals surface area contributed by atoms with Crippen LogP contribution in [0, 0.1) is 5.92 Å². The Balaban J connectivity index is 2.47. The van der Waals surface area contributed by atoms with Crippen LogP contribution in [0.2, 0.25) is 0 Å². The zero-order valence-corrected chi connectivity index (χ0v) is 14.0. The maximum absolute atomic E-state index is 11.5. The Hall–Kier alpha value is -1.05. The van der Waals surface area contributed by atoms with Gasteiger partial charge in [-0.05, 0) is 26.0 Å². The molecule has 0 spiro atoms. The normalized spacial score (nSPS) is 18.6. The quantitative estimate of drug-likeness (QED) is 0.145. The minimum absolute atomic E-state index is 0.161. The van der Waals surface area contributed by atoms with Gasteiger partial charge in [0.25, 0.3) is 0 Å². The number of hydrogen-bond acceptors (Lipinski definition) is 4. The van der Waals surface area contributed by atoms with Gasteiger partial charge in [0.05, 0.1) is 38.4 Å². The minimum Gasteiger partial charge on any atom is -0.391 e. The summed E-state index contributed by atoms with van der Waals surface area (Å²) in [4.78, 5) is 13.2. The molecule has 1 saturated heterocycles. The summed E-state index contributed by atoms with van der Waals surface area (Å²) in [5.41, 5.74) is 0. The van der Waals surface area contributed by atoms with Crippen LogP contribution in [0.3, 0.4) is 0 Å². The highest BCUT2D eigenvalue weighted by molar-refractivity contribution is 7.96. The average molecular weight is 332 g/mol. The van der Waals surface area contributed by atoms with E-state index in [9.17, 15) is 15.0 Å². The van der Waals surface area contributed by atoms with Crippen LogP contribution in [0.5, 0.6) is 0 Å². The van der Waals surface area contributed by atoms with Gasteiger partial charge in [0.1, 0.15) is 0 Å². The Kier molecular flexibility index (Phi) is 8.52. The summed E-state index contributed by atoms with van der Waals surface area (Å²) in [6.45, 7) is 3.45. The summed E-state index contributed by atoms with van der Waals surface area (Å²) in [5.74, 6) is -0.293. The maximum atomic E-state index is 11.5. The largest absolute Gasteiger partial charge is 0.400 e. The molecule has 0 aromatic heterocycles. The van der Waals surface area contributed by atoms with E-state index in [0.717, 1.165) is 13.0 Å². The number of nitrogens with zero attached hydrogens (tertiary/aromatic N) is 2. The van der Waals surface area contributed by atoms with Crippen LogP contribution in [0.1, 0.15) is 19.8 Å². The van der Waals surface area contributed by atoms with E-state index < -0.39 is 18.1 Å². The fourth-order valence-corrected chi connectivity index (χ4v) is 2.22. The van der Waals surface area contributed by atoms with Gasteiger partial charge >= 0.3 is 5.17 Å². The van der Waals surface area contributed by atoms with Crippen LogP contribution >= 0.6 is 12.6 Å². The lowest BCUT2D eigenvalue weighted by molar-refractivity contribution is -0.128. The van der Waals surface area contributed by atoms with Crippen molar-refractivity contribution in [1.82, 2.24) is 14.9 Å². The first kappa shape index (κ1) is 19.0. The molecule has 1 rings (SSSR count). The first-order valence-corrected chi connectivity index (χ1v) is 7.90. The third-order valence-electron chi connectivity index (χ3n) is 3.53. The van der Waals surface area contributed by atoms with Crippen LogP contribution in [-0.4, -0.2) is 78.0 Å². The SMILES string of the molecule is CNC(S)=[N+]=CC(COCCN1CCCC1=O)C(O)C(C)O. The second kappa shape index (κ2) is 9.86. The Morgan fingerprint density at radius 1 is 1.59 bits per heavy atom. The second-order valence-electron chi connectivity index (χ2n) is 5.31. The van der Waals surface area contributed by atoms with Gasteiger partial charge in [0.15, 0.2) is 6.21 Å². The van der Waals surface area contributed by atoms with E-state index in [2.05, 4.69) is 22.6 Å². The monoisotopic (exact) mass is 332 g/mol. The molecule has 0 aromatic rings. The van der Waals surface area contributed by atoms with E-state index in [1.807, 2.05) is 0 Å². The Labute approximate surface area is 136 Å². The lowest BCUT2D eigenvalue weighted by Crippen LogP contribution is -2.37. The van der Waals surface area contributed by atoms with Gasteiger partial charge in [-0.15, -0.1) is 0 Å². The van der Waals surface area contributed by atoms with Crippen LogP contribution in [0.25, 0.3) is 0 Å². The van der Waals surface area contributed by atoms with Gasteiger partial charge in [-0.2, -0.15) is 0 Å². The molecular weight excluding hydrogens is 306 g/mol. The summed E-state index contributed by atoms with van der Waals surface area (Å²) in [7, 11) is 1.68. The number of ether oxygens (including phenoxy) is 1. The summed E-state index contributed by atoms with van der Waals surface area (Å²) in [5, 5.41) is 22.7. The van der Waals surface area contributed by atoms with Gasteiger partial charge in [-0.3, -0.25) is 10.1 Å². The van der Waals surface area contributed by atoms with Crippen molar-refractivity contribution in [2.24, 2.45) is 5.92 Å². The molecule has 0 aromatic carbocycles. The highest BCUT2D eigenvalue weighted by Gasteiger charge is 2.25. The molecule has 22 heavy (non-hydrogen) atoms. The van der Waals surface area contributed by atoms with Crippen molar-refractivity contribution >= 4 is 29.9 Å². The maximum Gasteiger partial charge on any atom is 0.400 e. The Bertz CT molecular complexity index is 424. The smallest absolute Gasteiger partial charge is 0.391 e. The number of amidine groups is 1. The number of aliphatic hydroxyl groups is 2. The molecule has 3 atom stereocenters. The molecule has 3 unspecified atom stereocenters. The number of likely N-dealkylation sites (tertiary alicyclic amines) is 1. The zero-order chi connectivity index (χ0) is 16.5. The molecule has 3 N–H and O–H groups in total. The molecule has 1 heterocycles. The summed E-state index contributed by atoms with van der Waals surface area (Å²) in [6, 6.07) is 0. The van der Waals surface area contributed by atoms with Crippen LogP contribution in [0.4, 0.5) is 0 Å². The lowest BCUT2D eigenvalue weighted by atomic mass is 10.0. The number of thiol groups is 1. The average Bonchev–Trinajstić information content (AvgIpc) is 2.90. The van der Waals surface area contributed by atoms with E-state index in [4.69, 9.17) is 4.74 Å². The van der Waals surface area contributed by atoms with Crippen LogP contribution in [0.15, 0.2) is 0 Å². The molecular formula is C14H26N3O4S+. The van der Waals surface area contributed by atoms with E-state index in [1.54, 1.807) is 11.9 Å². The van der Waals surface area contributed by atoms with E-state index >= 15 is 0 Å². The van der Waals surface area contributed by atoms with Crippen molar-refractivity contribution in [3.63, 3.8) is 0 Å². The highest BCUT2D eigenvalue weighted by Crippen LogP contribution is 2.09. The molecule has 0 saturated carbocycles. The van der Waals surface area contributed by atoms with Crippen molar-refractivity contribution in [3.8, 4) is 0 Å². The van der Waals surface area contributed by atoms with Gasteiger partial charge in [0.2, 0.25) is 5.91 Å². The molecule has 0 aliphatic carbocycles. The topological polar surface area (TPSA) is 96.1 Å². The van der Waals surface area contributed by atoms with Crippen LogP contribution in [-0.2, 0) is 9.53 Å². The molecule has 8 heteroatoms. The third kappa shape index (κ3) is 6.37. The summed E-state index contributed by atoms with van der Waals surface area (Å²) in [6.07, 6.45) is 1.16. The number of rotatable bonds is 8. The van der Waals surface area contributed by atoms with Crippen molar-refractivity contribution in [2.75, 3.05) is 33.4 Å². The van der Waals surface area contributed by atoms with E-state index in [-0.39, 0.29) is 12.5 Å². The zero-order valence-electron chi connectivity index (χ0n) is 13.1. The molecule has 126 valence electrons. The van der Waals surface area contributed by atoms with E-state index in [0.29, 0.717) is 24.7 Å². The van der Waals surface area contributed by atoms with Gasteiger partial charge in [-0.25, -0.2) is 4.67 Å². The fourth-order valence-electron chi connectivity index (χ4n) is 2.15. The molecule has 1 amide bonds. The molecule has 0 radical (unpaired) electrons. The van der Waals surface area contributed by atoms with Crippen LogP contribution < -0.4 is 9.98 Å². The van der Waals surface area contributed by atoms with Gasteiger partial charge in [-0.1, -0.05) is 0 Å². The van der Waals surface area contributed by atoms with Gasteiger partial charge < -0.3 is 19.8 Å². The first-order valence-electron chi connectivity index (χ1n) is 7.45. The Morgan fingerprint density at radius 3 is 2.86 bits per heavy atom. The number of aliphatic hydroxyl groups excluding tert-OH is 2. The van der Waals surface area contributed by atoms with Crippen molar-refractivity contribution < 1.29 is 19.7 Å². The predicted octanol–water partition coefficient (Wildman–Crippen LogP) is -1.37. The third-order valence-corrected chi connectivity index (χ3v) is 3.87. The number of carbonyl (C=O) groups is 1.